The van der Waals surface area contributed by atoms with Gasteiger partial charge in [-0.25, -0.2) is 17.5 Å². The van der Waals surface area contributed by atoms with Crippen molar-refractivity contribution in [3.05, 3.63) is 65.5 Å². The Morgan fingerprint density at radius 2 is 1.69 bits per heavy atom. The van der Waals surface area contributed by atoms with Gasteiger partial charge in [0, 0.05) is 45.2 Å². The molecule has 1 aliphatic carbocycles. The molecule has 1 heterocycles. The zero-order valence-corrected chi connectivity index (χ0v) is 23.1. The van der Waals surface area contributed by atoms with E-state index in [2.05, 4.69) is 14.9 Å². The largest absolute Gasteiger partial charge is 0.379 e. The second-order valence-electron chi connectivity index (χ2n) is 10.1. The first-order valence-electron chi connectivity index (χ1n) is 13.4. The summed E-state index contributed by atoms with van der Waals surface area (Å²) in [6, 6.07) is 11.7. The summed E-state index contributed by atoms with van der Waals surface area (Å²) in [6.07, 6.45) is 2.25. The normalized spacial score (nSPS) is 17.0. The Morgan fingerprint density at radius 1 is 1.05 bits per heavy atom. The Balaban J connectivity index is 1.36. The van der Waals surface area contributed by atoms with Gasteiger partial charge in [0.05, 0.1) is 18.1 Å². The van der Waals surface area contributed by atoms with E-state index in [0.717, 1.165) is 37.1 Å². The summed E-state index contributed by atoms with van der Waals surface area (Å²) in [5, 5.41) is 2.93. The van der Waals surface area contributed by atoms with Gasteiger partial charge in [0.1, 0.15) is 11.9 Å². The van der Waals surface area contributed by atoms with Crippen LogP contribution in [0.4, 0.5) is 4.39 Å². The van der Waals surface area contributed by atoms with Crippen LogP contribution in [0, 0.1) is 5.82 Å². The van der Waals surface area contributed by atoms with E-state index < -0.39 is 16.1 Å². The van der Waals surface area contributed by atoms with Gasteiger partial charge in [-0.15, -0.1) is 0 Å². The van der Waals surface area contributed by atoms with Crippen molar-refractivity contribution < 1.29 is 27.1 Å². The molecule has 9 nitrogen and oxygen atoms in total. The number of ether oxygens (including phenoxy) is 1. The van der Waals surface area contributed by atoms with Crippen LogP contribution in [0.25, 0.3) is 0 Å². The van der Waals surface area contributed by atoms with Gasteiger partial charge in [0.2, 0.25) is 21.8 Å². The van der Waals surface area contributed by atoms with Crippen LogP contribution in [0.2, 0.25) is 0 Å². The van der Waals surface area contributed by atoms with E-state index in [-0.39, 0.29) is 41.5 Å². The molecule has 1 saturated carbocycles. The SMILES string of the molecule is CC(C(=O)NCCN1CCOCC1)N(Cc1ccc(F)cc1)C(=O)CCc1ccc(S(=O)(=O)NC2CC2)cc1. The quantitative estimate of drug-likeness (QED) is 0.389. The first kappa shape index (κ1) is 29.1. The fraction of sp³-hybridized carbons (Fsp3) is 0.500. The number of nitrogens with zero attached hydrogens (tertiary/aromatic N) is 2. The molecular weight excluding hydrogens is 523 g/mol. The summed E-state index contributed by atoms with van der Waals surface area (Å²) < 4.78 is 46.3. The summed E-state index contributed by atoms with van der Waals surface area (Å²) >= 11 is 0. The van der Waals surface area contributed by atoms with Crippen molar-refractivity contribution in [2.24, 2.45) is 0 Å². The summed E-state index contributed by atoms with van der Waals surface area (Å²) in [6.45, 7) is 6.04. The minimum absolute atomic E-state index is 0.0259. The minimum atomic E-state index is -3.54. The van der Waals surface area contributed by atoms with Gasteiger partial charge in [-0.05, 0) is 61.6 Å². The average Bonchev–Trinajstić information content (AvgIpc) is 3.75. The second-order valence-corrected chi connectivity index (χ2v) is 11.8. The Labute approximate surface area is 229 Å². The van der Waals surface area contributed by atoms with Crippen molar-refractivity contribution >= 4 is 21.8 Å². The van der Waals surface area contributed by atoms with E-state index in [0.29, 0.717) is 32.7 Å². The number of hydrogen-bond acceptors (Lipinski definition) is 6. The van der Waals surface area contributed by atoms with Crippen LogP contribution in [0.1, 0.15) is 37.3 Å². The van der Waals surface area contributed by atoms with Gasteiger partial charge >= 0.3 is 0 Å². The third-order valence-corrected chi connectivity index (χ3v) is 8.56. The molecule has 39 heavy (non-hydrogen) atoms. The zero-order chi connectivity index (χ0) is 27.8. The molecule has 212 valence electrons. The predicted molar refractivity (Wildman–Crippen MR) is 145 cm³/mol. The number of amides is 2. The molecule has 0 radical (unpaired) electrons. The number of benzene rings is 2. The van der Waals surface area contributed by atoms with E-state index in [1.807, 2.05) is 0 Å². The minimum Gasteiger partial charge on any atom is -0.379 e. The van der Waals surface area contributed by atoms with Crippen LogP contribution in [0.3, 0.4) is 0 Å². The van der Waals surface area contributed by atoms with Crippen LogP contribution < -0.4 is 10.0 Å². The number of rotatable bonds is 13. The standard InChI is InChI=1S/C28H37FN4O5S/c1-21(28(35)30-14-15-32-16-18-38-19-17-32)33(20-23-2-7-24(29)8-3-23)27(34)13-6-22-4-11-26(12-5-22)39(36,37)31-25-9-10-25/h2-5,7-8,11-12,21,25,31H,6,9-10,13-20H2,1H3,(H,30,35). The zero-order valence-electron chi connectivity index (χ0n) is 22.3. The maximum absolute atomic E-state index is 13.4. The molecule has 2 amide bonds. The van der Waals surface area contributed by atoms with Gasteiger partial charge < -0.3 is 15.0 Å². The molecule has 1 unspecified atom stereocenters. The molecule has 2 aliphatic rings. The number of sulfonamides is 1. The van der Waals surface area contributed by atoms with Crippen LogP contribution >= 0.6 is 0 Å². The highest BCUT2D eigenvalue weighted by molar-refractivity contribution is 7.89. The van der Waals surface area contributed by atoms with E-state index in [1.165, 1.54) is 17.0 Å². The fourth-order valence-corrected chi connectivity index (χ4v) is 5.70. The second kappa shape index (κ2) is 13.5. The third kappa shape index (κ3) is 8.82. The Hall–Kier alpha value is -2.86. The van der Waals surface area contributed by atoms with Gasteiger partial charge in [0.15, 0.2) is 0 Å². The number of halogens is 1. The van der Waals surface area contributed by atoms with Crippen molar-refractivity contribution in [1.82, 2.24) is 19.8 Å². The predicted octanol–water partition coefficient (Wildman–Crippen LogP) is 2.06. The van der Waals surface area contributed by atoms with E-state index in [1.54, 1.807) is 43.3 Å². The summed E-state index contributed by atoms with van der Waals surface area (Å²) in [7, 11) is -3.54. The Bertz CT molecular complexity index is 1210. The monoisotopic (exact) mass is 560 g/mol. The van der Waals surface area contributed by atoms with Crippen molar-refractivity contribution in [3.63, 3.8) is 0 Å². The topological polar surface area (TPSA) is 108 Å². The van der Waals surface area contributed by atoms with Gasteiger partial charge in [0.25, 0.3) is 0 Å². The molecule has 1 aliphatic heterocycles. The van der Waals surface area contributed by atoms with E-state index >= 15 is 0 Å². The molecular formula is C28H37FN4O5S. The van der Waals surface area contributed by atoms with Gasteiger partial charge in [-0.1, -0.05) is 24.3 Å². The lowest BCUT2D eigenvalue weighted by molar-refractivity contribution is -0.140. The summed E-state index contributed by atoms with van der Waals surface area (Å²) in [4.78, 5) is 30.3. The lowest BCUT2D eigenvalue weighted by Crippen LogP contribution is -2.49. The average molecular weight is 561 g/mol. The number of nitrogens with one attached hydrogen (secondary N) is 2. The first-order chi connectivity index (χ1) is 18.7. The molecule has 1 saturated heterocycles. The van der Waals surface area contributed by atoms with Gasteiger partial charge in [-0.2, -0.15) is 0 Å². The highest BCUT2D eigenvalue weighted by Gasteiger charge is 2.28. The highest BCUT2D eigenvalue weighted by atomic mass is 32.2. The Kier molecular flexibility index (Phi) is 10.1. The summed E-state index contributed by atoms with van der Waals surface area (Å²) in [5.41, 5.74) is 1.54. The summed E-state index contributed by atoms with van der Waals surface area (Å²) in [5.74, 6) is -0.845. The molecule has 0 aromatic heterocycles. The number of hydrogen-bond donors (Lipinski definition) is 2. The third-order valence-electron chi connectivity index (χ3n) is 7.02. The molecule has 1 atom stereocenters. The highest BCUT2D eigenvalue weighted by Crippen LogP contribution is 2.22. The maximum Gasteiger partial charge on any atom is 0.242 e. The van der Waals surface area contributed by atoms with Crippen molar-refractivity contribution in [3.8, 4) is 0 Å². The number of carbonyl (C=O) groups is 2. The fourth-order valence-electron chi connectivity index (χ4n) is 4.40. The van der Waals surface area contributed by atoms with E-state index in [9.17, 15) is 22.4 Å². The molecule has 4 rings (SSSR count). The molecule has 11 heteroatoms. The van der Waals surface area contributed by atoms with Gasteiger partial charge in [-0.3, -0.25) is 14.5 Å². The van der Waals surface area contributed by atoms with Crippen LogP contribution in [0.15, 0.2) is 53.4 Å². The lowest BCUT2D eigenvalue weighted by atomic mass is 10.1. The molecule has 2 N–H and O–H groups in total. The molecule has 2 aromatic rings. The van der Waals surface area contributed by atoms with Crippen LogP contribution in [0.5, 0.6) is 0 Å². The molecule has 2 aromatic carbocycles. The number of carbonyl (C=O) groups excluding carboxylic acids is 2. The first-order valence-corrected chi connectivity index (χ1v) is 14.9. The molecule has 2 fully saturated rings. The lowest BCUT2D eigenvalue weighted by Gasteiger charge is -2.30. The van der Waals surface area contributed by atoms with E-state index in [4.69, 9.17) is 4.74 Å². The van der Waals surface area contributed by atoms with Crippen LogP contribution in [-0.4, -0.2) is 81.5 Å². The Morgan fingerprint density at radius 3 is 2.33 bits per heavy atom. The number of morpholine rings is 1. The van der Waals surface area contributed by atoms with Crippen molar-refractivity contribution in [2.75, 3.05) is 39.4 Å². The maximum atomic E-state index is 13.4. The smallest absolute Gasteiger partial charge is 0.242 e. The number of aryl methyl sites for hydroxylation is 1. The van der Waals surface area contributed by atoms with Crippen LogP contribution in [-0.2, 0) is 37.3 Å². The molecule has 0 bridgehead atoms. The van der Waals surface area contributed by atoms with Crippen molar-refractivity contribution in [2.45, 2.75) is 56.1 Å². The van der Waals surface area contributed by atoms with Crippen molar-refractivity contribution in [1.29, 1.82) is 0 Å². The molecule has 0 spiro atoms.